The van der Waals surface area contributed by atoms with E-state index in [2.05, 4.69) is 30.9 Å². The molecule has 3 aromatic rings. The van der Waals surface area contributed by atoms with Crippen molar-refractivity contribution in [1.29, 1.82) is 0 Å². The van der Waals surface area contributed by atoms with Crippen LogP contribution in [0.2, 0.25) is 0 Å². The number of anilines is 4. The molecule has 3 heterocycles. The van der Waals surface area contributed by atoms with Crippen molar-refractivity contribution in [3.63, 3.8) is 0 Å². The Balaban J connectivity index is 1.47. The fourth-order valence-electron chi connectivity index (χ4n) is 3.74. The number of fused-ring (bicyclic) bond motifs is 1. The van der Waals surface area contributed by atoms with E-state index in [1.54, 1.807) is 11.8 Å². The minimum absolute atomic E-state index is 0.0936. The number of rotatable bonds is 6. The minimum atomic E-state index is -0.801. The van der Waals surface area contributed by atoms with Crippen LogP contribution in [0.15, 0.2) is 52.5 Å². The second kappa shape index (κ2) is 9.82. The average molecular weight is 484 g/mol. The van der Waals surface area contributed by atoms with E-state index >= 15 is 0 Å². The van der Waals surface area contributed by atoms with E-state index in [-0.39, 0.29) is 11.9 Å². The van der Waals surface area contributed by atoms with E-state index in [0.29, 0.717) is 30.5 Å². The third kappa shape index (κ3) is 4.90. The summed E-state index contributed by atoms with van der Waals surface area (Å²) >= 11 is 1.74. The number of ether oxygens (including phenoxy) is 1. The fraction of sp³-hybridized carbons (Fsp3) is 0.261. The number of benzene rings is 2. The van der Waals surface area contributed by atoms with Gasteiger partial charge in [0.15, 0.2) is 11.6 Å². The van der Waals surface area contributed by atoms with Crippen LogP contribution in [0.3, 0.4) is 0 Å². The van der Waals surface area contributed by atoms with Gasteiger partial charge in [-0.2, -0.15) is 4.98 Å². The Morgan fingerprint density at radius 3 is 2.76 bits per heavy atom. The van der Waals surface area contributed by atoms with Crippen molar-refractivity contribution >= 4 is 46.4 Å². The van der Waals surface area contributed by atoms with E-state index < -0.39 is 17.3 Å². The van der Waals surface area contributed by atoms with Gasteiger partial charge in [0.2, 0.25) is 5.95 Å². The lowest BCUT2D eigenvalue weighted by atomic mass is 10.1. The Morgan fingerprint density at radius 2 is 1.97 bits per heavy atom. The van der Waals surface area contributed by atoms with E-state index in [4.69, 9.17) is 10.5 Å². The van der Waals surface area contributed by atoms with Gasteiger partial charge >= 0.3 is 0 Å². The number of aromatic nitrogens is 2. The summed E-state index contributed by atoms with van der Waals surface area (Å²) in [7, 11) is 0. The largest absolute Gasteiger partial charge is 0.383 e. The number of halogens is 2. The summed E-state index contributed by atoms with van der Waals surface area (Å²) in [6.45, 7) is 1.26. The molecule has 1 fully saturated rings. The summed E-state index contributed by atoms with van der Waals surface area (Å²) in [5.74, 6) is -0.0754. The number of para-hydroxylation sites is 1. The highest BCUT2D eigenvalue weighted by Crippen LogP contribution is 2.36. The highest BCUT2D eigenvalue weighted by atomic mass is 32.2. The van der Waals surface area contributed by atoms with Crippen molar-refractivity contribution in [2.24, 2.45) is 10.7 Å². The van der Waals surface area contributed by atoms with Gasteiger partial charge in [0.1, 0.15) is 17.3 Å². The van der Waals surface area contributed by atoms with Crippen LogP contribution in [-0.4, -0.2) is 40.9 Å². The first-order valence-corrected chi connectivity index (χ1v) is 11.8. The number of hydrogen-bond acceptors (Lipinski definition) is 8. The van der Waals surface area contributed by atoms with Gasteiger partial charge in [-0.05, 0) is 43.2 Å². The Hall–Kier alpha value is -3.44. The van der Waals surface area contributed by atoms with Crippen LogP contribution in [0.1, 0.15) is 18.4 Å². The summed E-state index contributed by atoms with van der Waals surface area (Å²) in [6, 6.07) is 9.62. The maximum Gasteiger partial charge on any atom is 0.229 e. The SMILES string of the molecule is NC(=Nc1c(F)cccc1F)c1cnc(Nc2ccc3c(c2)NCS3)nc1NC1CCOCC1. The predicted molar refractivity (Wildman–Crippen MR) is 130 cm³/mol. The zero-order valence-electron chi connectivity index (χ0n) is 18.1. The van der Waals surface area contributed by atoms with Gasteiger partial charge in [0.05, 0.1) is 17.1 Å². The molecule has 2 aliphatic rings. The molecule has 176 valence electrons. The van der Waals surface area contributed by atoms with Crippen molar-refractivity contribution in [1.82, 2.24) is 9.97 Å². The number of nitrogens with two attached hydrogens (primary N) is 1. The van der Waals surface area contributed by atoms with Crippen molar-refractivity contribution in [3.05, 3.63) is 59.8 Å². The van der Waals surface area contributed by atoms with Gasteiger partial charge < -0.3 is 26.4 Å². The molecule has 0 spiro atoms. The molecule has 1 saturated heterocycles. The molecule has 5 N–H and O–H groups in total. The van der Waals surface area contributed by atoms with Crippen molar-refractivity contribution < 1.29 is 13.5 Å². The Kier molecular flexibility index (Phi) is 6.45. The van der Waals surface area contributed by atoms with Gasteiger partial charge in [0.25, 0.3) is 0 Å². The molecular formula is C23H23F2N7OS. The highest BCUT2D eigenvalue weighted by molar-refractivity contribution is 7.99. The number of thioether (sulfide) groups is 1. The second-order valence-electron chi connectivity index (χ2n) is 7.86. The maximum absolute atomic E-state index is 14.1. The monoisotopic (exact) mass is 483 g/mol. The van der Waals surface area contributed by atoms with E-state index in [9.17, 15) is 8.78 Å². The number of amidine groups is 1. The van der Waals surface area contributed by atoms with Gasteiger partial charge in [-0.3, -0.25) is 0 Å². The molecule has 34 heavy (non-hydrogen) atoms. The third-order valence-corrected chi connectivity index (χ3v) is 6.48. The quantitative estimate of drug-likeness (QED) is 0.298. The Morgan fingerprint density at radius 1 is 1.18 bits per heavy atom. The molecule has 11 heteroatoms. The first-order valence-electron chi connectivity index (χ1n) is 10.8. The molecule has 0 saturated carbocycles. The highest BCUT2D eigenvalue weighted by Gasteiger charge is 2.19. The fourth-order valence-corrected chi connectivity index (χ4v) is 4.58. The van der Waals surface area contributed by atoms with Crippen molar-refractivity contribution in [2.45, 2.75) is 23.8 Å². The number of aliphatic imine (C=N–C) groups is 1. The van der Waals surface area contributed by atoms with Gasteiger partial charge in [-0.25, -0.2) is 18.8 Å². The van der Waals surface area contributed by atoms with Crippen molar-refractivity contribution in [3.8, 4) is 0 Å². The van der Waals surface area contributed by atoms with Crippen LogP contribution in [0, 0.1) is 11.6 Å². The van der Waals surface area contributed by atoms with Gasteiger partial charge in [-0.1, -0.05) is 6.07 Å². The molecule has 1 aromatic heterocycles. The summed E-state index contributed by atoms with van der Waals surface area (Å²) in [6.07, 6.45) is 3.08. The van der Waals surface area contributed by atoms with E-state index in [1.807, 2.05) is 18.2 Å². The number of nitrogens with one attached hydrogen (secondary N) is 3. The molecule has 0 aliphatic carbocycles. The maximum atomic E-state index is 14.1. The molecule has 2 aliphatic heterocycles. The summed E-state index contributed by atoms with van der Waals surface area (Å²) < 4.78 is 33.7. The van der Waals surface area contributed by atoms with Crippen LogP contribution in [0.5, 0.6) is 0 Å². The third-order valence-electron chi connectivity index (χ3n) is 5.52. The zero-order chi connectivity index (χ0) is 23.5. The van der Waals surface area contributed by atoms with Crippen molar-refractivity contribution in [2.75, 3.05) is 35.0 Å². The average Bonchev–Trinajstić information content (AvgIpc) is 3.30. The molecule has 0 unspecified atom stereocenters. The summed E-state index contributed by atoms with van der Waals surface area (Å²) in [4.78, 5) is 14.2. The normalized spacial score (nSPS) is 16.1. The summed E-state index contributed by atoms with van der Waals surface area (Å²) in [5, 5.41) is 9.90. The Bertz CT molecular complexity index is 1210. The molecule has 0 atom stereocenters. The van der Waals surface area contributed by atoms with Crippen LogP contribution in [-0.2, 0) is 4.74 Å². The summed E-state index contributed by atoms with van der Waals surface area (Å²) in [5.41, 5.74) is 7.95. The molecule has 5 rings (SSSR count). The van der Waals surface area contributed by atoms with Crippen LogP contribution < -0.4 is 21.7 Å². The first-order chi connectivity index (χ1) is 16.6. The van der Waals surface area contributed by atoms with E-state index in [1.165, 1.54) is 17.2 Å². The van der Waals surface area contributed by atoms with Crippen LogP contribution in [0.25, 0.3) is 0 Å². The lowest BCUT2D eigenvalue weighted by molar-refractivity contribution is 0.0904. The lowest BCUT2D eigenvalue weighted by Gasteiger charge is -2.24. The smallest absolute Gasteiger partial charge is 0.229 e. The predicted octanol–water partition coefficient (Wildman–Crippen LogP) is 4.60. The molecule has 0 radical (unpaired) electrons. The molecular weight excluding hydrogens is 460 g/mol. The molecule has 2 aromatic carbocycles. The molecule has 0 bridgehead atoms. The number of hydrogen-bond donors (Lipinski definition) is 4. The first kappa shape index (κ1) is 22.4. The lowest BCUT2D eigenvalue weighted by Crippen LogP contribution is -2.30. The molecule has 0 amide bonds. The number of nitrogens with zero attached hydrogens (tertiary/aromatic N) is 3. The van der Waals surface area contributed by atoms with Gasteiger partial charge in [0, 0.05) is 36.0 Å². The van der Waals surface area contributed by atoms with E-state index in [0.717, 1.165) is 42.2 Å². The standard InChI is InChI=1S/C23H23F2N7OS/c24-16-2-1-3-17(25)20(16)31-21(26)15-11-27-23(32-22(15)29-13-6-8-33-9-7-13)30-14-4-5-19-18(10-14)28-12-34-19/h1-5,10-11,13,28H,6-9,12H2,(H2,26,31)(H2,27,29,30,32). The topological polar surface area (TPSA) is 109 Å². The second-order valence-corrected chi connectivity index (χ2v) is 8.87. The minimum Gasteiger partial charge on any atom is -0.383 e. The van der Waals surface area contributed by atoms with Gasteiger partial charge in [-0.15, -0.1) is 11.8 Å². The van der Waals surface area contributed by atoms with Crippen LogP contribution >= 0.6 is 11.8 Å². The molecule has 8 nitrogen and oxygen atoms in total. The van der Waals surface area contributed by atoms with Crippen LogP contribution in [0.4, 0.5) is 37.6 Å². The zero-order valence-corrected chi connectivity index (χ0v) is 19.0. The Labute approximate surface area is 199 Å².